The first kappa shape index (κ1) is 22.5. The number of amides is 1. The number of nitrogens with zero attached hydrogens (tertiary/aromatic N) is 1. The topological polar surface area (TPSA) is 102 Å². The monoisotopic (exact) mass is 455 g/mol. The van der Waals surface area contributed by atoms with Crippen molar-refractivity contribution in [3.05, 3.63) is 57.9 Å². The molecule has 0 fully saturated rings. The van der Waals surface area contributed by atoms with E-state index in [9.17, 15) is 17.6 Å². The van der Waals surface area contributed by atoms with E-state index in [0.717, 1.165) is 9.87 Å². The highest BCUT2D eigenvalue weighted by Crippen LogP contribution is 2.37. The maximum absolute atomic E-state index is 14.8. The van der Waals surface area contributed by atoms with Crippen LogP contribution in [0.15, 0.2) is 35.2 Å². The molecule has 0 saturated carbocycles. The number of carbonyl (C=O) groups is 1. The highest BCUT2D eigenvalue weighted by atomic mass is 35.5. The van der Waals surface area contributed by atoms with Gasteiger partial charge in [0, 0.05) is 23.6 Å². The van der Waals surface area contributed by atoms with Crippen LogP contribution in [-0.4, -0.2) is 37.8 Å². The number of nitrogens with two attached hydrogens (primary N) is 1. The predicted octanol–water partition coefficient (Wildman–Crippen LogP) is 2.64. The molecule has 2 aromatic carbocycles. The number of hydrogen-bond donors (Lipinski definition) is 2. The minimum atomic E-state index is -4.17. The van der Waals surface area contributed by atoms with Gasteiger partial charge in [-0.2, -0.15) is 4.31 Å². The molecule has 1 heterocycles. The second-order valence-corrected chi connectivity index (χ2v) is 9.50. The van der Waals surface area contributed by atoms with Crippen molar-refractivity contribution in [2.45, 2.75) is 37.6 Å². The fourth-order valence-corrected chi connectivity index (χ4v) is 5.72. The molecule has 0 saturated heterocycles. The van der Waals surface area contributed by atoms with E-state index in [-0.39, 0.29) is 29.4 Å². The number of aryl methyl sites for hydroxylation is 1. The van der Waals surface area contributed by atoms with Gasteiger partial charge in [0.1, 0.15) is 29.1 Å². The number of hydrazine groups is 1. The van der Waals surface area contributed by atoms with Crippen LogP contribution in [0, 0.1) is 19.7 Å². The largest absolute Gasteiger partial charge is 0.491 e. The van der Waals surface area contributed by atoms with E-state index < -0.39 is 33.7 Å². The number of nitrogens with one attached hydrogen (secondary N) is 1. The number of sulfonamides is 1. The zero-order valence-corrected chi connectivity index (χ0v) is 18.3. The zero-order chi connectivity index (χ0) is 22.2. The predicted molar refractivity (Wildman–Crippen MR) is 111 cm³/mol. The number of benzene rings is 2. The first-order valence-electron chi connectivity index (χ1n) is 9.29. The van der Waals surface area contributed by atoms with Crippen molar-refractivity contribution in [1.29, 1.82) is 0 Å². The smallest absolute Gasteiger partial charge is 0.252 e. The van der Waals surface area contributed by atoms with Crippen molar-refractivity contribution < 1.29 is 22.3 Å². The van der Waals surface area contributed by atoms with E-state index in [1.54, 1.807) is 19.9 Å². The molecular formula is C20H23ClFN3O4S. The minimum absolute atomic E-state index is 0.0110. The number of hydrogen-bond acceptors (Lipinski definition) is 5. The van der Waals surface area contributed by atoms with Gasteiger partial charge >= 0.3 is 0 Å². The summed E-state index contributed by atoms with van der Waals surface area (Å²) in [4.78, 5) is 12.7. The number of ether oxygens (including phenoxy) is 1. The van der Waals surface area contributed by atoms with Gasteiger partial charge in [-0.05, 0) is 48.7 Å². The molecule has 1 amide bonds. The molecule has 0 bridgehead atoms. The van der Waals surface area contributed by atoms with Gasteiger partial charge in [0.2, 0.25) is 10.0 Å². The second-order valence-electron chi connectivity index (χ2n) is 7.20. The lowest BCUT2D eigenvalue weighted by atomic mass is 9.87. The van der Waals surface area contributed by atoms with Crippen LogP contribution in [-0.2, 0) is 14.8 Å². The van der Waals surface area contributed by atoms with Crippen molar-refractivity contribution in [3.63, 3.8) is 0 Å². The quantitative estimate of drug-likeness (QED) is 0.419. The third kappa shape index (κ3) is 3.90. The van der Waals surface area contributed by atoms with Gasteiger partial charge in [-0.1, -0.05) is 24.6 Å². The van der Waals surface area contributed by atoms with Crippen LogP contribution < -0.4 is 16.0 Å². The van der Waals surface area contributed by atoms with Crippen molar-refractivity contribution in [1.82, 2.24) is 9.73 Å². The van der Waals surface area contributed by atoms with Crippen LogP contribution in [0.3, 0.4) is 0 Å². The molecule has 10 heteroatoms. The van der Waals surface area contributed by atoms with Gasteiger partial charge in [0.15, 0.2) is 0 Å². The molecule has 1 aliphatic rings. The Morgan fingerprint density at radius 3 is 2.67 bits per heavy atom. The van der Waals surface area contributed by atoms with E-state index in [1.165, 1.54) is 24.3 Å². The average molecular weight is 456 g/mol. The fraction of sp³-hybridized carbons (Fsp3) is 0.350. The summed E-state index contributed by atoms with van der Waals surface area (Å²) in [6, 6.07) is 5.81. The van der Waals surface area contributed by atoms with Crippen molar-refractivity contribution in [2.75, 3.05) is 13.2 Å². The summed E-state index contributed by atoms with van der Waals surface area (Å²) < 4.78 is 48.3. The molecule has 3 rings (SSSR count). The van der Waals surface area contributed by atoms with Gasteiger partial charge in [-0.3, -0.25) is 10.2 Å². The number of carbonyl (C=O) groups excluding carboxylic acids is 1. The lowest BCUT2D eigenvalue weighted by Gasteiger charge is -2.33. The van der Waals surface area contributed by atoms with E-state index >= 15 is 0 Å². The van der Waals surface area contributed by atoms with Crippen LogP contribution in [0.2, 0.25) is 5.02 Å². The molecule has 0 radical (unpaired) electrons. The Morgan fingerprint density at radius 2 is 2.00 bits per heavy atom. The van der Waals surface area contributed by atoms with Gasteiger partial charge in [0.25, 0.3) is 5.91 Å². The fourth-order valence-electron chi connectivity index (χ4n) is 3.80. The molecule has 0 spiro atoms. The summed E-state index contributed by atoms with van der Waals surface area (Å²) in [6.45, 7) is 5.03. The Balaban J connectivity index is 2.16. The van der Waals surface area contributed by atoms with E-state index in [1.807, 2.05) is 12.3 Å². The average Bonchev–Trinajstić information content (AvgIpc) is 2.81. The van der Waals surface area contributed by atoms with Crippen molar-refractivity contribution >= 4 is 27.5 Å². The minimum Gasteiger partial charge on any atom is -0.491 e. The molecule has 1 aliphatic heterocycles. The summed E-state index contributed by atoms with van der Waals surface area (Å²) in [5.41, 5.74) is 3.76. The number of rotatable bonds is 4. The molecular weight excluding hydrogens is 433 g/mol. The summed E-state index contributed by atoms with van der Waals surface area (Å²) in [5.74, 6) is 3.39. The Kier molecular flexibility index (Phi) is 6.37. The van der Waals surface area contributed by atoms with E-state index in [0.29, 0.717) is 10.6 Å². The molecule has 2 atom stereocenters. The van der Waals surface area contributed by atoms with Gasteiger partial charge < -0.3 is 4.74 Å². The second kappa shape index (κ2) is 8.50. The van der Waals surface area contributed by atoms with Gasteiger partial charge in [0.05, 0.1) is 0 Å². The van der Waals surface area contributed by atoms with Crippen molar-refractivity contribution in [2.24, 2.45) is 5.84 Å². The first-order valence-corrected chi connectivity index (χ1v) is 11.1. The third-order valence-corrected chi connectivity index (χ3v) is 7.60. The highest BCUT2D eigenvalue weighted by Gasteiger charge is 2.43. The lowest BCUT2D eigenvalue weighted by molar-refractivity contribution is -0.125. The normalized spacial score (nSPS) is 17.9. The number of fused-ring (bicyclic) bond motifs is 1. The Hall–Kier alpha value is -2.20. The first-order chi connectivity index (χ1) is 14.1. The standard InChI is InChI=1S/C20H23ClFN3O4S/c1-11-4-6-15(22)18(12(11)2)13(3)19(20(26)24-23)25-8-9-29-16-10-14(21)5-7-17(16)30(25,27)28/h4-7,10,13,19H,8-9,23H2,1-3H3,(H,24,26)/t13?,19-/m0/s1. The van der Waals surface area contributed by atoms with Gasteiger partial charge in [-0.25, -0.2) is 18.7 Å². The van der Waals surface area contributed by atoms with Crippen molar-refractivity contribution in [3.8, 4) is 5.75 Å². The molecule has 7 nitrogen and oxygen atoms in total. The third-order valence-electron chi connectivity index (χ3n) is 5.44. The highest BCUT2D eigenvalue weighted by molar-refractivity contribution is 7.89. The molecule has 0 aliphatic carbocycles. The number of halogens is 2. The van der Waals surface area contributed by atoms with Crippen LogP contribution in [0.5, 0.6) is 5.75 Å². The Morgan fingerprint density at radius 1 is 1.30 bits per heavy atom. The molecule has 162 valence electrons. The summed E-state index contributed by atoms with van der Waals surface area (Å²) in [7, 11) is -4.17. The molecule has 2 aromatic rings. The SMILES string of the molecule is Cc1ccc(F)c(C(C)[C@@H](C(=O)NN)N2CCOc3cc(Cl)ccc3S2(=O)=O)c1C. The molecule has 3 N–H and O–H groups in total. The Bertz CT molecular complexity index is 1090. The van der Waals surface area contributed by atoms with Crippen LogP contribution >= 0.6 is 11.6 Å². The van der Waals surface area contributed by atoms with Crippen LogP contribution in [0.4, 0.5) is 4.39 Å². The molecule has 1 unspecified atom stereocenters. The lowest BCUT2D eigenvalue weighted by Crippen LogP contribution is -2.54. The maximum atomic E-state index is 14.8. The molecule has 30 heavy (non-hydrogen) atoms. The van der Waals surface area contributed by atoms with E-state index in [4.69, 9.17) is 22.2 Å². The summed E-state index contributed by atoms with van der Waals surface area (Å²) in [5, 5.41) is 0.319. The summed E-state index contributed by atoms with van der Waals surface area (Å²) in [6.07, 6.45) is 0. The van der Waals surface area contributed by atoms with Crippen LogP contribution in [0.1, 0.15) is 29.5 Å². The zero-order valence-electron chi connectivity index (χ0n) is 16.8. The summed E-state index contributed by atoms with van der Waals surface area (Å²) >= 11 is 5.96. The van der Waals surface area contributed by atoms with Crippen LogP contribution in [0.25, 0.3) is 0 Å². The molecule has 0 aromatic heterocycles. The van der Waals surface area contributed by atoms with Gasteiger partial charge in [-0.15, -0.1) is 0 Å². The Labute approximate surface area is 180 Å². The van der Waals surface area contributed by atoms with E-state index in [2.05, 4.69) is 0 Å². The maximum Gasteiger partial charge on any atom is 0.252 e.